The van der Waals surface area contributed by atoms with Gasteiger partial charge in [0.1, 0.15) is 9.77 Å². The Kier molecular flexibility index (Phi) is 4.31. The lowest BCUT2D eigenvalue weighted by Crippen LogP contribution is -2.42. The number of nitrogens with zero attached hydrogens (tertiary/aromatic N) is 1. The number of β-amino-alcohol motifs (C(OH)–C–C–N with tert-alkyl or cyclic N) is 1. The van der Waals surface area contributed by atoms with E-state index in [1.807, 2.05) is 0 Å². The quantitative estimate of drug-likeness (QED) is 0.838. The molecule has 9 heteroatoms. The Morgan fingerprint density at radius 1 is 1.53 bits per heavy atom. The Balaban J connectivity index is 2.36. The first-order chi connectivity index (χ1) is 8.82. The summed E-state index contributed by atoms with van der Waals surface area (Å²) < 4.78 is 26.2. The number of rotatable bonds is 3. The van der Waals surface area contributed by atoms with E-state index in [0.29, 0.717) is 19.4 Å². The van der Waals surface area contributed by atoms with Gasteiger partial charge in [0.05, 0.1) is 9.89 Å². The number of carboxylic acid groups (broad SMARTS) is 1. The summed E-state index contributed by atoms with van der Waals surface area (Å²) in [6.45, 7) is 0.386. The fraction of sp³-hybridized carbons (Fsp3) is 0.500. The lowest BCUT2D eigenvalue weighted by atomic mass is 10.1. The average Bonchev–Trinajstić information content (AvgIpc) is 2.72. The van der Waals surface area contributed by atoms with E-state index < -0.39 is 22.1 Å². The first-order valence-electron chi connectivity index (χ1n) is 5.53. The van der Waals surface area contributed by atoms with Gasteiger partial charge < -0.3 is 10.2 Å². The second kappa shape index (κ2) is 5.49. The van der Waals surface area contributed by atoms with E-state index in [1.165, 1.54) is 4.31 Å². The monoisotopic (exact) mass is 369 g/mol. The molecule has 19 heavy (non-hydrogen) atoms. The molecule has 1 aliphatic rings. The van der Waals surface area contributed by atoms with Crippen LogP contribution in [0.2, 0.25) is 0 Å². The number of carbonyl (C=O) groups is 1. The van der Waals surface area contributed by atoms with Crippen molar-refractivity contribution in [3.05, 3.63) is 14.7 Å². The molecule has 106 valence electrons. The van der Waals surface area contributed by atoms with Gasteiger partial charge in [-0.15, -0.1) is 11.3 Å². The van der Waals surface area contributed by atoms with Gasteiger partial charge in [0.2, 0.25) is 10.0 Å². The van der Waals surface area contributed by atoms with Crippen LogP contribution in [0.25, 0.3) is 0 Å². The zero-order valence-corrected chi connectivity index (χ0v) is 13.0. The van der Waals surface area contributed by atoms with Crippen molar-refractivity contribution in [3.63, 3.8) is 0 Å². The molecule has 2 heterocycles. The minimum atomic E-state index is -3.76. The zero-order chi connectivity index (χ0) is 14.2. The van der Waals surface area contributed by atoms with Crippen LogP contribution < -0.4 is 0 Å². The van der Waals surface area contributed by atoms with E-state index in [-0.39, 0.29) is 20.1 Å². The molecule has 0 amide bonds. The molecule has 1 fully saturated rings. The highest BCUT2D eigenvalue weighted by Crippen LogP contribution is 2.34. The van der Waals surface area contributed by atoms with Crippen LogP contribution in [-0.4, -0.2) is 48.1 Å². The van der Waals surface area contributed by atoms with E-state index in [9.17, 15) is 18.3 Å². The van der Waals surface area contributed by atoms with Crippen LogP contribution in [-0.2, 0) is 10.0 Å². The average molecular weight is 370 g/mol. The van der Waals surface area contributed by atoms with Gasteiger partial charge in [0.15, 0.2) is 0 Å². The molecule has 2 N–H and O–H groups in total. The van der Waals surface area contributed by atoms with Crippen molar-refractivity contribution >= 4 is 43.3 Å². The van der Waals surface area contributed by atoms with Crippen LogP contribution in [0, 0.1) is 0 Å². The van der Waals surface area contributed by atoms with Gasteiger partial charge in [-0.05, 0) is 34.8 Å². The highest BCUT2D eigenvalue weighted by atomic mass is 79.9. The van der Waals surface area contributed by atoms with Crippen molar-refractivity contribution in [2.75, 3.05) is 13.1 Å². The van der Waals surface area contributed by atoms with Crippen molar-refractivity contribution in [1.29, 1.82) is 0 Å². The number of sulfonamides is 1. The molecule has 2 rings (SSSR count). The van der Waals surface area contributed by atoms with Gasteiger partial charge in [-0.3, -0.25) is 0 Å². The molecule has 0 aliphatic carbocycles. The Bertz CT molecular complexity index is 597. The summed E-state index contributed by atoms with van der Waals surface area (Å²) in [5.74, 6) is -1.16. The van der Waals surface area contributed by atoms with Crippen molar-refractivity contribution < 1.29 is 23.4 Å². The third-order valence-corrected chi connectivity index (χ3v) is 6.95. The molecule has 1 aromatic heterocycles. The molecule has 0 spiro atoms. The van der Waals surface area contributed by atoms with Gasteiger partial charge in [-0.25, -0.2) is 13.2 Å². The van der Waals surface area contributed by atoms with Gasteiger partial charge in [0.25, 0.3) is 0 Å². The largest absolute Gasteiger partial charge is 0.477 e. The van der Waals surface area contributed by atoms with Crippen LogP contribution in [0.15, 0.2) is 14.7 Å². The second-order valence-electron chi connectivity index (χ2n) is 4.21. The highest BCUT2D eigenvalue weighted by molar-refractivity contribution is 9.11. The molecule has 0 saturated carbocycles. The van der Waals surface area contributed by atoms with Crippen molar-refractivity contribution in [2.24, 2.45) is 0 Å². The topological polar surface area (TPSA) is 94.9 Å². The standard InChI is InChI=1S/C10H12BrNO5S2/c11-9-8(4-7(18-9)10(14)15)19(16,17)12-3-1-2-6(13)5-12/h4,6,13H,1-3,5H2,(H,14,15). The van der Waals surface area contributed by atoms with Crippen LogP contribution in [0.5, 0.6) is 0 Å². The zero-order valence-electron chi connectivity index (χ0n) is 9.74. The van der Waals surface area contributed by atoms with Gasteiger partial charge in [-0.1, -0.05) is 0 Å². The minimum Gasteiger partial charge on any atom is -0.477 e. The number of carboxylic acids is 1. The van der Waals surface area contributed by atoms with E-state index in [1.54, 1.807) is 0 Å². The molecule has 0 radical (unpaired) electrons. The van der Waals surface area contributed by atoms with Gasteiger partial charge >= 0.3 is 5.97 Å². The fourth-order valence-corrected chi connectivity index (χ4v) is 5.78. The summed E-state index contributed by atoms with van der Waals surface area (Å²) in [4.78, 5) is 10.8. The molecule has 1 atom stereocenters. The number of thiophene rings is 1. The SMILES string of the molecule is O=C(O)c1cc(S(=O)(=O)N2CCCC(O)C2)c(Br)s1. The van der Waals surface area contributed by atoms with Crippen LogP contribution in [0.4, 0.5) is 0 Å². The number of aromatic carboxylic acids is 1. The van der Waals surface area contributed by atoms with E-state index in [2.05, 4.69) is 15.9 Å². The third kappa shape index (κ3) is 3.00. The summed E-state index contributed by atoms with van der Waals surface area (Å²) in [6, 6.07) is 1.15. The Hall–Kier alpha value is -0.480. The molecular formula is C10H12BrNO5S2. The molecule has 0 aromatic carbocycles. The summed E-state index contributed by atoms with van der Waals surface area (Å²) in [7, 11) is -3.76. The van der Waals surface area contributed by atoms with E-state index >= 15 is 0 Å². The molecule has 1 saturated heterocycles. The third-order valence-electron chi connectivity index (χ3n) is 2.84. The van der Waals surface area contributed by atoms with E-state index in [0.717, 1.165) is 17.4 Å². The summed E-state index contributed by atoms with van der Waals surface area (Å²) in [5, 5.41) is 18.4. The second-order valence-corrected chi connectivity index (χ2v) is 8.49. The Morgan fingerprint density at radius 2 is 2.21 bits per heavy atom. The first-order valence-corrected chi connectivity index (χ1v) is 8.58. The van der Waals surface area contributed by atoms with Gasteiger partial charge in [0, 0.05) is 13.1 Å². The lowest BCUT2D eigenvalue weighted by Gasteiger charge is -2.28. The minimum absolute atomic E-state index is 0.0389. The number of piperidine rings is 1. The number of hydrogen-bond donors (Lipinski definition) is 2. The molecule has 1 unspecified atom stereocenters. The Labute approximate surface area is 122 Å². The number of hydrogen-bond acceptors (Lipinski definition) is 5. The Morgan fingerprint density at radius 3 is 2.74 bits per heavy atom. The predicted molar refractivity (Wildman–Crippen MR) is 73.0 cm³/mol. The van der Waals surface area contributed by atoms with Gasteiger partial charge in [-0.2, -0.15) is 4.31 Å². The molecule has 1 aromatic rings. The van der Waals surface area contributed by atoms with Crippen LogP contribution in [0.1, 0.15) is 22.5 Å². The van der Waals surface area contributed by atoms with Crippen molar-refractivity contribution in [1.82, 2.24) is 4.31 Å². The molecule has 6 nitrogen and oxygen atoms in total. The number of aliphatic hydroxyl groups excluding tert-OH is 1. The maximum atomic E-state index is 12.4. The summed E-state index contributed by atoms with van der Waals surface area (Å²) in [5.41, 5.74) is 0. The molecular weight excluding hydrogens is 358 g/mol. The summed E-state index contributed by atoms with van der Waals surface area (Å²) >= 11 is 3.95. The maximum absolute atomic E-state index is 12.4. The maximum Gasteiger partial charge on any atom is 0.345 e. The molecule has 1 aliphatic heterocycles. The molecule has 0 bridgehead atoms. The van der Waals surface area contributed by atoms with Crippen molar-refractivity contribution in [2.45, 2.75) is 23.8 Å². The fourth-order valence-electron chi connectivity index (χ4n) is 1.91. The van der Waals surface area contributed by atoms with E-state index in [4.69, 9.17) is 5.11 Å². The summed E-state index contributed by atoms with van der Waals surface area (Å²) in [6.07, 6.45) is 0.505. The first kappa shape index (κ1) is 14.9. The predicted octanol–water partition coefficient (Wildman–Crippen LogP) is 1.35. The van der Waals surface area contributed by atoms with Crippen LogP contribution in [0.3, 0.4) is 0 Å². The van der Waals surface area contributed by atoms with Crippen molar-refractivity contribution in [3.8, 4) is 0 Å². The normalized spacial score (nSPS) is 21.5. The number of aliphatic hydroxyl groups is 1. The smallest absolute Gasteiger partial charge is 0.345 e. The van der Waals surface area contributed by atoms with Crippen LogP contribution >= 0.6 is 27.3 Å². The number of halogens is 1. The lowest BCUT2D eigenvalue weighted by molar-refractivity contribution is 0.0702. The highest BCUT2D eigenvalue weighted by Gasteiger charge is 2.32.